The highest BCUT2D eigenvalue weighted by Gasteiger charge is 2.35. The molecule has 2 atom stereocenters. The Balaban J connectivity index is 1.66. The molecule has 0 bridgehead atoms. The number of nitrogens with one attached hydrogen (secondary N) is 1. The lowest BCUT2D eigenvalue weighted by atomic mass is 10.1. The van der Waals surface area contributed by atoms with Gasteiger partial charge < -0.3 is 15.1 Å². The Kier molecular flexibility index (Phi) is 4.10. The predicted molar refractivity (Wildman–Crippen MR) is 83.3 cm³/mol. The molecule has 0 aliphatic carbocycles. The van der Waals surface area contributed by atoms with E-state index >= 15 is 0 Å². The summed E-state index contributed by atoms with van der Waals surface area (Å²) < 4.78 is 0. The Hall–Kier alpha value is -1.62. The number of pyridine rings is 1. The normalized spacial score (nSPS) is 23.3. The molecule has 2 saturated heterocycles. The van der Waals surface area contributed by atoms with Gasteiger partial charge in [0.25, 0.3) is 0 Å². The van der Waals surface area contributed by atoms with Crippen molar-refractivity contribution < 1.29 is 4.79 Å². The molecule has 0 radical (unpaired) electrons. The van der Waals surface area contributed by atoms with Crippen LogP contribution in [0.2, 0.25) is 0 Å². The molecule has 3 heterocycles. The largest absolute Gasteiger partial charge is 0.366 e. The number of hydrogen-bond donors (Lipinski definition) is 1. The molecule has 2 aliphatic heterocycles. The van der Waals surface area contributed by atoms with E-state index in [1.54, 1.807) is 0 Å². The second-order valence-corrected chi connectivity index (χ2v) is 5.95. The fourth-order valence-electron chi connectivity index (χ4n) is 3.35. The zero-order valence-electron chi connectivity index (χ0n) is 12.9. The van der Waals surface area contributed by atoms with Gasteiger partial charge in [-0.1, -0.05) is 6.92 Å². The summed E-state index contributed by atoms with van der Waals surface area (Å²) in [5.74, 6) is 0.326. The molecule has 1 aromatic heterocycles. The molecule has 5 nitrogen and oxygen atoms in total. The SMILES string of the molecule is CCNC(C)c1ccc(N2CCN3C(=O)CCC3C2)cn1. The standard InChI is InChI=1S/C16H24N4O/c1-3-17-12(2)15-6-4-13(10-18-15)19-8-9-20-14(11-19)5-7-16(20)21/h4,6,10,12,14,17H,3,5,7-9,11H2,1-2H3. The van der Waals surface area contributed by atoms with E-state index in [9.17, 15) is 4.79 Å². The van der Waals surface area contributed by atoms with E-state index in [4.69, 9.17) is 0 Å². The molecule has 114 valence electrons. The van der Waals surface area contributed by atoms with Gasteiger partial charge in [0.1, 0.15) is 0 Å². The molecule has 5 heteroatoms. The van der Waals surface area contributed by atoms with E-state index in [0.29, 0.717) is 11.9 Å². The number of piperazine rings is 1. The van der Waals surface area contributed by atoms with E-state index in [1.165, 1.54) is 5.69 Å². The van der Waals surface area contributed by atoms with Gasteiger partial charge in [-0.05, 0) is 32.0 Å². The summed E-state index contributed by atoms with van der Waals surface area (Å²) in [6.07, 6.45) is 3.68. The molecule has 0 spiro atoms. The molecular weight excluding hydrogens is 264 g/mol. The lowest BCUT2D eigenvalue weighted by Gasteiger charge is -2.38. The first-order valence-electron chi connectivity index (χ1n) is 7.92. The number of carbonyl (C=O) groups excluding carboxylic acids is 1. The van der Waals surface area contributed by atoms with Crippen molar-refractivity contribution in [3.05, 3.63) is 24.0 Å². The molecule has 2 unspecified atom stereocenters. The number of hydrogen-bond acceptors (Lipinski definition) is 4. The fourth-order valence-corrected chi connectivity index (χ4v) is 3.35. The number of rotatable bonds is 4. The van der Waals surface area contributed by atoms with Gasteiger partial charge in [0.2, 0.25) is 5.91 Å². The lowest BCUT2D eigenvalue weighted by molar-refractivity contribution is -0.129. The fraction of sp³-hybridized carbons (Fsp3) is 0.625. The Morgan fingerprint density at radius 1 is 1.43 bits per heavy atom. The van der Waals surface area contributed by atoms with Gasteiger partial charge in [-0.3, -0.25) is 9.78 Å². The van der Waals surface area contributed by atoms with Gasteiger partial charge in [0.05, 0.1) is 17.6 Å². The number of anilines is 1. The second-order valence-electron chi connectivity index (χ2n) is 5.95. The van der Waals surface area contributed by atoms with Crippen LogP contribution in [0.15, 0.2) is 18.3 Å². The first kappa shape index (κ1) is 14.3. The summed E-state index contributed by atoms with van der Waals surface area (Å²) in [6.45, 7) is 7.88. The lowest BCUT2D eigenvalue weighted by Crippen LogP contribution is -2.51. The quantitative estimate of drug-likeness (QED) is 0.913. The van der Waals surface area contributed by atoms with E-state index in [2.05, 4.69) is 41.2 Å². The van der Waals surface area contributed by atoms with E-state index in [-0.39, 0.29) is 6.04 Å². The van der Waals surface area contributed by atoms with Crippen molar-refractivity contribution in [1.29, 1.82) is 0 Å². The molecule has 2 fully saturated rings. The van der Waals surface area contributed by atoms with Crippen LogP contribution in [0.1, 0.15) is 38.4 Å². The predicted octanol–water partition coefficient (Wildman–Crippen LogP) is 1.56. The number of amides is 1. The summed E-state index contributed by atoms with van der Waals surface area (Å²) in [6, 6.07) is 4.94. The first-order chi connectivity index (χ1) is 10.2. The molecular formula is C16H24N4O. The Bertz CT molecular complexity index is 502. The van der Waals surface area contributed by atoms with Gasteiger partial charge in [0.15, 0.2) is 0 Å². The van der Waals surface area contributed by atoms with Gasteiger partial charge in [-0.25, -0.2) is 0 Å². The summed E-state index contributed by atoms with van der Waals surface area (Å²) >= 11 is 0. The van der Waals surface area contributed by atoms with Crippen LogP contribution < -0.4 is 10.2 Å². The third kappa shape index (κ3) is 2.88. The monoisotopic (exact) mass is 288 g/mol. The van der Waals surface area contributed by atoms with Gasteiger partial charge in [-0.2, -0.15) is 0 Å². The van der Waals surface area contributed by atoms with Crippen LogP contribution in [-0.4, -0.2) is 48.0 Å². The molecule has 0 aromatic carbocycles. The smallest absolute Gasteiger partial charge is 0.223 e. The molecule has 1 N–H and O–H groups in total. The zero-order chi connectivity index (χ0) is 14.8. The summed E-state index contributed by atoms with van der Waals surface area (Å²) in [5, 5.41) is 3.38. The molecule has 0 saturated carbocycles. The van der Waals surface area contributed by atoms with E-state index in [1.807, 2.05) is 11.1 Å². The minimum Gasteiger partial charge on any atom is -0.366 e. The van der Waals surface area contributed by atoms with Crippen molar-refractivity contribution >= 4 is 11.6 Å². The van der Waals surface area contributed by atoms with Crippen LogP contribution >= 0.6 is 0 Å². The van der Waals surface area contributed by atoms with Crippen molar-refractivity contribution in [3.8, 4) is 0 Å². The van der Waals surface area contributed by atoms with Crippen LogP contribution in [0.5, 0.6) is 0 Å². The summed E-state index contributed by atoms with van der Waals surface area (Å²) in [5.41, 5.74) is 2.25. The number of fused-ring (bicyclic) bond motifs is 1. The van der Waals surface area contributed by atoms with Crippen molar-refractivity contribution in [2.24, 2.45) is 0 Å². The second kappa shape index (κ2) is 6.02. The molecule has 2 aliphatic rings. The van der Waals surface area contributed by atoms with Crippen molar-refractivity contribution in [1.82, 2.24) is 15.2 Å². The van der Waals surface area contributed by atoms with Crippen LogP contribution in [0.4, 0.5) is 5.69 Å². The zero-order valence-corrected chi connectivity index (χ0v) is 12.9. The van der Waals surface area contributed by atoms with Gasteiger partial charge >= 0.3 is 0 Å². The van der Waals surface area contributed by atoms with E-state index in [0.717, 1.165) is 44.7 Å². The summed E-state index contributed by atoms with van der Waals surface area (Å²) in [4.78, 5) is 20.7. The number of aromatic nitrogens is 1. The minimum atomic E-state index is 0.286. The van der Waals surface area contributed by atoms with Crippen molar-refractivity contribution in [2.45, 2.75) is 38.8 Å². The average Bonchev–Trinajstić information content (AvgIpc) is 2.88. The van der Waals surface area contributed by atoms with Crippen molar-refractivity contribution in [3.63, 3.8) is 0 Å². The van der Waals surface area contributed by atoms with Crippen molar-refractivity contribution in [2.75, 3.05) is 31.1 Å². The van der Waals surface area contributed by atoms with Crippen LogP contribution in [0.25, 0.3) is 0 Å². The minimum absolute atomic E-state index is 0.286. The highest BCUT2D eigenvalue weighted by Crippen LogP contribution is 2.26. The Labute approximate surface area is 126 Å². The number of carbonyl (C=O) groups is 1. The molecule has 1 amide bonds. The van der Waals surface area contributed by atoms with Crippen LogP contribution in [0.3, 0.4) is 0 Å². The molecule has 21 heavy (non-hydrogen) atoms. The van der Waals surface area contributed by atoms with Crippen LogP contribution in [0, 0.1) is 0 Å². The maximum absolute atomic E-state index is 11.7. The third-order valence-electron chi connectivity index (χ3n) is 4.58. The van der Waals surface area contributed by atoms with Crippen LogP contribution in [-0.2, 0) is 4.79 Å². The highest BCUT2D eigenvalue weighted by atomic mass is 16.2. The average molecular weight is 288 g/mol. The molecule has 1 aromatic rings. The van der Waals surface area contributed by atoms with Gasteiger partial charge in [-0.15, -0.1) is 0 Å². The van der Waals surface area contributed by atoms with Gasteiger partial charge in [0, 0.05) is 38.1 Å². The maximum atomic E-state index is 11.7. The highest BCUT2D eigenvalue weighted by molar-refractivity contribution is 5.79. The Morgan fingerprint density at radius 2 is 2.29 bits per heavy atom. The number of nitrogens with zero attached hydrogens (tertiary/aromatic N) is 3. The maximum Gasteiger partial charge on any atom is 0.223 e. The van der Waals surface area contributed by atoms with E-state index < -0.39 is 0 Å². The topological polar surface area (TPSA) is 48.5 Å². The first-order valence-corrected chi connectivity index (χ1v) is 7.92. The third-order valence-corrected chi connectivity index (χ3v) is 4.58. The molecule has 3 rings (SSSR count). The Morgan fingerprint density at radius 3 is 3.00 bits per heavy atom. The summed E-state index contributed by atoms with van der Waals surface area (Å²) in [7, 11) is 0.